The monoisotopic (exact) mass is 217 g/mol. The lowest BCUT2D eigenvalue weighted by molar-refractivity contribution is 0.00684. The first kappa shape index (κ1) is 11.9. The molecule has 4 heteroatoms. The highest BCUT2D eigenvalue weighted by Crippen LogP contribution is 2.21. The normalized spacial score (nSPS) is 11.9. The number of anilines is 1. The van der Waals surface area contributed by atoms with Crippen LogP contribution in [-0.4, -0.2) is 12.7 Å². The third-order valence-electron chi connectivity index (χ3n) is 2.07. The molecule has 0 aliphatic rings. The summed E-state index contributed by atoms with van der Waals surface area (Å²) < 4.78 is 37.1. The van der Waals surface area contributed by atoms with E-state index in [0.717, 1.165) is 5.56 Å². The second-order valence-electron chi connectivity index (χ2n) is 3.74. The summed E-state index contributed by atoms with van der Waals surface area (Å²) >= 11 is 0. The lowest BCUT2D eigenvalue weighted by Gasteiger charge is -2.16. The molecule has 0 atom stereocenters. The number of alkyl halides is 3. The Hall–Kier alpha value is -1.19. The van der Waals surface area contributed by atoms with Crippen molar-refractivity contribution in [2.75, 3.05) is 12.0 Å². The lowest BCUT2D eigenvalue weighted by atomic mass is 10.0. The van der Waals surface area contributed by atoms with Gasteiger partial charge < -0.3 is 5.32 Å². The van der Waals surface area contributed by atoms with Crippen molar-refractivity contribution < 1.29 is 13.2 Å². The van der Waals surface area contributed by atoms with Crippen LogP contribution < -0.4 is 5.32 Å². The Kier molecular flexibility index (Phi) is 3.61. The third kappa shape index (κ3) is 3.46. The van der Waals surface area contributed by atoms with E-state index >= 15 is 0 Å². The third-order valence-corrected chi connectivity index (χ3v) is 2.07. The molecule has 0 radical (unpaired) electrons. The molecule has 1 rings (SSSR count). The zero-order chi connectivity index (χ0) is 11.5. The van der Waals surface area contributed by atoms with Crippen LogP contribution in [0.15, 0.2) is 24.3 Å². The molecule has 0 aliphatic carbocycles. The van der Waals surface area contributed by atoms with Gasteiger partial charge >= 0.3 is 6.05 Å². The van der Waals surface area contributed by atoms with E-state index in [1.807, 2.05) is 19.2 Å². The minimum Gasteiger partial charge on any atom is -0.325 e. The zero-order valence-corrected chi connectivity index (χ0v) is 8.73. The maximum absolute atomic E-state index is 12.6. The van der Waals surface area contributed by atoms with Crippen LogP contribution in [0, 0.1) is 0 Å². The predicted octanol–water partition coefficient (Wildman–Crippen LogP) is 3.78. The molecule has 0 aliphatic heterocycles. The Morgan fingerprint density at radius 2 is 1.73 bits per heavy atom. The van der Waals surface area contributed by atoms with Crippen LogP contribution in [0.25, 0.3) is 0 Å². The van der Waals surface area contributed by atoms with E-state index in [1.165, 1.54) is 12.1 Å². The highest BCUT2D eigenvalue weighted by molar-refractivity contribution is 5.46. The van der Waals surface area contributed by atoms with E-state index in [2.05, 4.69) is 0 Å². The Morgan fingerprint density at radius 1 is 1.20 bits per heavy atom. The molecule has 0 unspecified atom stereocenters. The first-order valence-corrected chi connectivity index (χ1v) is 4.76. The maximum atomic E-state index is 12.6. The summed E-state index contributed by atoms with van der Waals surface area (Å²) in [6.07, 6.45) is 0. The van der Waals surface area contributed by atoms with Crippen LogP contribution in [0.1, 0.15) is 25.3 Å². The van der Waals surface area contributed by atoms with Gasteiger partial charge in [-0.25, -0.2) is 4.39 Å². The van der Waals surface area contributed by atoms with Gasteiger partial charge in [0.25, 0.3) is 0 Å². The molecule has 1 aromatic rings. The van der Waals surface area contributed by atoms with Crippen LogP contribution in [0.5, 0.6) is 0 Å². The highest BCUT2D eigenvalue weighted by Gasteiger charge is 2.28. The van der Waals surface area contributed by atoms with E-state index in [1.54, 1.807) is 12.1 Å². The number of benzene rings is 1. The lowest BCUT2D eigenvalue weighted by Crippen LogP contribution is -2.29. The average molecular weight is 217 g/mol. The van der Waals surface area contributed by atoms with Crippen molar-refractivity contribution in [3.63, 3.8) is 0 Å². The van der Waals surface area contributed by atoms with Gasteiger partial charge in [-0.1, -0.05) is 26.0 Å². The molecule has 0 aromatic heterocycles. The Bertz CT molecular complexity index is 306. The Morgan fingerprint density at radius 3 is 2.13 bits per heavy atom. The van der Waals surface area contributed by atoms with Gasteiger partial charge in [0.15, 0.2) is 6.67 Å². The molecule has 0 heterocycles. The van der Waals surface area contributed by atoms with E-state index in [4.69, 9.17) is 0 Å². The summed E-state index contributed by atoms with van der Waals surface area (Å²) in [6, 6.07) is 3.07. The number of hydrogen-bond acceptors (Lipinski definition) is 1. The average Bonchev–Trinajstić information content (AvgIpc) is 2.18. The fourth-order valence-corrected chi connectivity index (χ4v) is 1.20. The van der Waals surface area contributed by atoms with Crippen molar-refractivity contribution in [3.8, 4) is 0 Å². The zero-order valence-electron chi connectivity index (χ0n) is 8.73. The molecule has 1 aromatic carbocycles. The van der Waals surface area contributed by atoms with Gasteiger partial charge in [-0.15, -0.1) is 0 Å². The van der Waals surface area contributed by atoms with Crippen molar-refractivity contribution in [2.24, 2.45) is 0 Å². The molecule has 0 bridgehead atoms. The molecule has 84 valence electrons. The van der Waals surface area contributed by atoms with Crippen molar-refractivity contribution in [1.29, 1.82) is 0 Å². The molecule has 1 nitrogen and oxygen atoms in total. The van der Waals surface area contributed by atoms with Crippen molar-refractivity contribution in [1.82, 2.24) is 0 Å². The molecular formula is C11H14F3N. The highest BCUT2D eigenvalue weighted by atomic mass is 19.3. The molecule has 0 spiro atoms. The molecule has 15 heavy (non-hydrogen) atoms. The molecule has 0 saturated heterocycles. The van der Waals surface area contributed by atoms with Gasteiger partial charge in [0, 0.05) is 5.69 Å². The number of nitrogens with one attached hydrogen (secondary N) is 1. The summed E-state index contributed by atoms with van der Waals surface area (Å²) in [5.41, 5.74) is 1.28. The van der Waals surface area contributed by atoms with Gasteiger partial charge in [0.05, 0.1) is 0 Å². The van der Waals surface area contributed by atoms with E-state index < -0.39 is 12.7 Å². The van der Waals surface area contributed by atoms with Gasteiger partial charge in [-0.05, 0) is 23.6 Å². The van der Waals surface area contributed by atoms with E-state index in [-0.39, 0.29) is 5.69 Å². The second kappa shape index (κ2) is 4.55. The smallest absolute Gasteiger partial charge is 0.325 e. The first-order chi connectivity index (χ1) is 6.94. The number of halogens is 3. The SMILES string of the molecule is CC(C)c1ccc(NC(F)(F)CF)cc1. The molecule has 0 fully saturated rings. The van der Waals surface area contributed by atoms with Crippen molar-refractivity contribution in [3.05, 3.63) is 29.8 Å². The topological polar surface area (TPSA) is 12.0 Å². The second-order valence-corrected chi connectivity index (χ2v) is 3.74. The maximum Gasteiger partial charge on any atom is 0.351 e. The van der Waals surface area contributed by atoms with Crippen molar-refractivity contribution >= 4 is 5.69 Å². The van der Waals surface area contributed by atoms with Gasteiger partial charge in [0.1, 0.15) is 0 Å². The van der Waals surface area contributed by atoms with Gasteiger partial charge in [0.2, 0.25) is 0 Å². The van der Waals surface area contributed by atoms with Crippen LogP contribution in [0.2, 0.25) is 0 Å². The largest absolute Gasteiger partial charge is 0.351 e. The van der Waals surface area contributed by atoms with Crippen LogP contribution >= 0.6 is 0 Å². The van der Waals surface area contributed by atoms with Crippen molar-refractivity contribution in [2.45, 2.75) is 25.8 Å². The summed E-state index contributed by atoms with van der Waals surface area (Å²) in [5.74, 6) is 0.348. The van der Waals surface area contributed by atoms with Crippen LogP contribution in [0.4, 0.5) is 18.9 Å². The number of hydrogen-bond donors (Lipinski definition) is 1. The van der Waals surface area contributed by atoms with E-state index in [0.29, 0.717) is 5.92 Å². The summed E-state index contributed by atoms with van der Waals surface area (Å²) in [5, 5.41) is 1.83. The molecular weight excluding hydrogens is 203 g/mol. The molecule has 0 amide bonds. The van der Waals surface area contributed by atoms with Gasteiger partial charge in [-0.3, -0.25) is 0 Å². The molecule has 1 N–H and O–H groups in total. The standard InChI is InChI=1S/C11H14F3N/c1-8(2)9-3-5-10(6-4-9)15-11(13,14)7-12/h3-6,8,15H,7H2,1-2H3. The number of rotatable bonds is 4. The van der Waals surface area contributed by atoms with Crippen LogP contribution in [0.3, 0.4) is 0 Å². The summed E-state index contributed by atoms with van der Waals surface area (Å²) in [7, 11) is 0. The summed E-state index contributed by atoms with van der Waals surface area (Å²) in [6.45, 7) is 2.32. The van der Waals surface area contributed by atoms with E-state index in [9.17, 15) is 13.2 Å². The minimum absolute atomic E-state index is 0.224. The summed E-state index contributed by atoms with van der Waals surface area (Å²) in [4.78, 5) is 0. The first-order valence-electron chi connectivity index (χ1n) is 4.76. The predicted molar refractivity (Wildman–Crippen MR) is 55.1 cm³/mol. The Balaban J connectivity index is 2.73. The fraction of sp³-hybridized carbons (Fsp3) is 0.455. The Labute approximate surface area is 87.3 Å². The molecule has 0 saturated carbocycles. The minimum atomic E-state index is -3.49. The quantitative estimate of drug-likeness (QED) is 0.757. The van der Waals surface area contributed by atoms with Crippen LogP contribution in [-0.2, 0) is 0 Å². The fourth-order valence-electron chi connectivity index (χ4n) is 1.20. The van der Waals surface area contributed by atoms with Gasteiger partial charge in [-0.2, -0.15) is 8.78 Å².